The Labute approximate surface area is 67.7 Å². The van der Waals surface area contributed by atoms with Gasteiger partial charge >= 0.3 is 0 Å². The van der Waals surface area contributed by atoms with Crippen LogP contribution in [-0.4, -0.2) is 10.2 Å². The molecule has 0 saturated carbocycles. The Balaban J connectivity index is 2.11. The molecule has 0 atom stereocenters. The third-order valence-electron chi connectivity index (χ3n) is 0.614. The molecule has 1 aliphatic heterocycles. The average molecular weight is 348 g/mol. The standard InChI is InChI=1S/C2H6I2S2/c3-5-1-6(4)2-5/h5-6H,1-2H2. The number of hydrogen-bond donors (Lipinski definition) is 2. The molecule has 1 saturated heterocycles. The van der Waals surface area contributed by atoms with Crippen molar-refractivity contribution in [3.05, 3.63) is 0 Å². The van der Waals surface area contributed by atoms with Crippen molar-refractivity contribution >= 4 is 58.5 Å². The van der Waals surface area contributed by atoms with E-state index in [2.05, 4.69) is 42.4 Å². The third kappa shape index (κ3) is 1.59. The lowest BCUT2D eigenvalue weighted by molar-refractivity contribution is 2.02. The summed E-state index contributed by atoms with van der Waals surface area (Å²) in [7, 11) is 1.07. The molecule has 4 heteroatoms. The minimum absolute atomic E-state index is 0.534. The Bertz CT molecular complexity index is 45.5. The largest absolute Gasteiger partial charge is 0.183 e. The minimum atomic E-state index is 0.534. The van der Waals surface area contributed by atoms with Crippen LogP contribution in [0.4, 0.5) is 0 Å². The first-order chi connectivity index (χ1) is 2.79. The highest BCUT2D eigenvalue weighted by molar-refractivity contribution is 14.2. The maximum atomic E-state index is 2.58. The summed E-state index contributed by atoms with van der Waals surface area (Å²) in [4.78, 5) is 0. The van der Waals surface area contributed by atoms with Gasteiger partial charge in [0.05, 0.1) is 0 Å². The van der Waals surface area contributed by atoms with Crippen molar-refractivity contribution in [2.45, 2.75) is 0 Å². The van der Waals surface area contributed by atoms with Crippen molar-refractivity contribution in [1.82, 2.24) is 0 Å². The van der Waals surface area contributed by atoms with Crippen molar-refractivity contribution in [3.63, 3.8) is 0 Å². The smallest absolute Gasteiger partial charge is 0.0204 e. The molecule has 0 radical (unpaired) electrons. The van der Waals surface area contributed by atoms with Crippen LogP contribution in [0.2, 0.25) is 0 Å². The van der Waals surface area contributed by atoms with Crippen molar-refractivity contribution in [1.29, 1.82) is 0 Å². The first kappa shape index (κ1) is 6.28. The highest BCUT2D eigenvalue weighted by Crippen LogP contribution is 2.63. The summed E-state index contributed by atoms with van der Waals surface area (Å²) in [5, 5.41) is 3.15. The van der Waals surface area contributed by atoms with Gasteiger partial charge in [-0.1, -0.05) is 0 Å². The van der Waals surface area contributed by atoms with Crippen LogP contribution in [0.5, 0.6) is 0 Å². The Kier molecular flexibility index (Phi) is 2.76. The topological polar surface area (TPSA) is 0 Å². The van der Waals surface area contributed by atoms with Crippen LogP contribution in [0.1, 0.15) is 0 Å². The van der Waals surface area contributed by atoms with Crippen LogP contribution in [0.25, 0.3) is 0 Å². The summed E-state index contributed by atoms with van der Waals surface area (Å²) < 4.78 is 0. The summed E-state index contributed by atoms with van der Waals surface area (Å²) in [6.07, 6.45) is 0. The Morgan fingerprint density at radius 1 is 1.00 bits per heavy atom. The van der Waals surface area contributed by atoms with Gasteiger partial charge in [0.1, 0.15) is 0 Å². The van der Waals surface area contributed by atoms with Crippen molar-refractivity contribution in [3.8, 4) is 0 Å². The van der Waals surface area contributed by atoms with E-state index in [1.807, 2.05) is 0 Å². The van der Waals surface area contributed by atoms with Crippen LogP contribution >= 0.6 is 58.5 Å². The first-order valence-electron chi connectivity index (χ1n) is 1.60. The molecule has 0 aromatic rings. The van der Waals surface area contributed by atoms with Crippen molar-refractivity contribution in [2.24, 2.45) is 0 Å². The van der Waals surface area contributed by atoms with Gasteiger partial charge in [-0.25, -0.2) is 0 Å². The SMILES string of the molecule is I[SH]1C[SH](I)C1. The van der Waals surface area contributed by atoms with Crippen LogP contribution < -0.4 is 0 Å². The molecule has 0 nitrogen and oxygen atoms in total. The molecule has 0 spiro atoms. The number of halogens is 2. The average Bonchev–Trinajstić information content (AvgIpc) is 1.33. The Morgan fingerprint density at radius 2 is 1.33 bits per heavy atom. The van der Waals surface area contributed by atoms with Crippen LogP contribution in [0, 0.1) is 0 Å². The van der Waals surface area contributed by atoms with Gasteiger partial charge in [-0.3, -0.25) is 0 Å². The molecule has 0 aromatic heterocycles. The zero-order chi connectivity index (χ0) is 4.57. The van der Waals surface area contributed by atoms with Crippen molar-refractivity contribution in [2.75, 3.05) is 10.2 Å². The number of rotatable bonds is 0. The summed E-state index contributed by atoms with van der Waals surface area (Å²) >= 11 is 5.17. The molecule has 1 aliphatic rings. The molecule has 0 aromatic carbocycles. The van der Waals surface area contributed by atoms with Gasteiger partial charge in [0.25, 0.3) is 0 Å². The zero-order valence-corrected chi connectivity index (χ0v) is 9.17. The van der Waals surface area contributed by atoms with Crippen LogP contribution in [-0.2, 0) is 0 Å². The minimum Gasteiger partial charge on any atom is -0.183 e. The van der Waals surface area contributed by atoms with Gasteiger partial charge in [-0.2, -0.15) is 16.1 Å². The highest BCUT2D eigenvalue weighted by Gasteiger charge is 2.15. The van der Waals surface area contributed by atoms with E-state index in [1.54, 1.807) is 10.2 Å². The van der Waals surface area contributed by atoms with Crippen LogP contribution in [0.15, 0.2) is 0 Å². The van der Waals surface area contributed by atoms with Crippen molar-refractivity contribution < 1.29 is 0 Å². The summed E-state index contributed by atoms with van der Waals surface area (Å²) in [6, 6.07) is 0. The van der Waals surface area contributed by atoms with Gasteiger partial charge < -0.3 is 0 Å². The van der Waals surface area contributed by atoms with E-state index in [9.17, 15) is 0 Å². The fourth-order valence-electron chi connectivity index (χ4n) is 0.292. The maximum absolute atomic E-state index is 2.58. The quantitative estimate of drug-likeness (QED) is 0.488. The van der Waals surface area contributed by atoms with Gasteiger partial charge in [0.2, 0.25) is 0 Å². The molecule has 0 unspecified atom stereocenters. The lowest BCUT2D eigenvalue weighted by Gasteiger charge is -2.32. The summed E-state index contributed by atoms with van der Waals surface area (Å²) in [5.74, 6) is 0. The van der Waals surface area contributed by atoms with E-state index in [0.717, 1.165) is 0 Å². The molecule has 6 heavy (non-hydrogen) atoms. The Hall–Kier alpha value is 2.16. The molecule has 0 N–H and O–H groups in total. The van der Waals surface area contributed by atoms with Gasteiger partial charge in [0, 0.05) is 10.2 Å². The number of hydrogen-bond acceptors (Lipinski definition) is 0. The predicted octanol–water partition coefficient (Wildman–Crippen LogP) is 2.62. The van der Waals surface area contributed by atoms with Gasteiger partial charge in [0.15, 0.2) is 0 Å². The summed E-state index contributed by atoms with van der Waals surface area (Å²) in [6.45, 7) is 0. The van der Waals surface area contributed by atoms with E-state index in [-0.39, 0.29) is 0 Å². The molecule has 0 bridgehead atoms. The normalized spacial score (nSPS) is 57.0. The predicted molar refractivity (Wildman–Crippen MR) is 55.7 cm³/mol. The molecule has 1 rings (SSSR count). The lowest BCUT2D eigenvalue weighted by atomic mass is 11.8. The summed E-state index contributed by atoms with van der Waals surface area (Å²) in [5.41, 5.74) is 0. The van der Waals surface area contributed by atoms with Crippen LogP contribution in [0.3, 0.4) is 0 Å². The van der Waals surface area contributed by atoms with E-state index in [4.69, 9.17) is 0 Å². The first-order valence-corrected chi connectivity index (χ1v) is 10.6. The second kappa shape index (κ2) is 2.63. The Morgan fingerprint density at radius 3 is 1.33 bits per heavy atom. The van der Waals surface area contributed by atoms with E-state index in [0.29, 0.717) is 16.1 Å². The third-order valence-corrected chi connectivity index (χ3v) is 16.5. The van der Waals surface area contributed by atoms with Gasteiger partial charge in [-0.15, -0.1) is 0 Å². The molecular formula is C2H6I2S2. The second-order valence-electron chi connectivity index (χ2n) is 1.21. The molecular weight excluding hydrogens is 342 g/mol. The van der Waals surface area contributed by atoms with Gasteiger partial charge in [-0.05, 0) is 42.4 Å². The molecule has 0 amide bonds. The maximum Gasteiger partial charge on any atom is 0.0204 e. The fourth-order valence-corrected chi connectivity index (χ4v) is 26.4. The fraction of sp³-hybridized carbons (Fsp3) is 1.00. The number of thiol groups is 2. The molecule has 1 heterocycles. The van der Waals surface area contributed by atoms with E-state index in [1.165, 1.54) is 0 Å². The highest BCUT2D eigenvalue weighted by atomic mass is 127. The van der Waals surface area contributed by atoms with E-state index < -0.39 is 0 Å². The molecule has 0 aliphatic carbocycles. The lowest BCUT2D eigenvalue weighted by Crippen LogP contribution is -1.97. The van der Waals surface area contributed by atoms with E-state index >= 15 is 0 Å². The molecule has 1 fully saturated rings. The molecule has 40 valence electrons. The monoisotopic (exact) mass is 348 g/mol. The second-order valence-corrected chi connectivity index (χ2v) is 13.5. The zero-order valence-electron chi connectivity index (χ0n) is 3.06.